The van der Waals surface area contributed by atoms with Crippen molar-refractivity contribution in [2.45, 2.75) is 38.4 Å². The van der Waals surface area contributed by atoms with Crippen LogP contribution in [-0.4, -0.2) is 22.5 Å². The number of non-ortho nitro benzene ring substituents is 1. The molecule has 0 aliphatic rings. The van der Waals surface area contributed by atoms with Gasteiger partial charge in [-0.3, -0.25) is 14.7 Å². The van der Waals surface area contributed by atoms with Crippen molar-refractivity contribution in [1.29, 1.82) is 0 Å². The lowest BCUT2D eigenvalue weighted by molar-refractivity contribution is -0.384. The molecule has 0 aliphatic carbocycles. The maximum Gasteiger partial charge on any atom is 0.371 e. The zero-order valence-electron chi connectivity index (χ0n) is 13.2. The van der Waals surface area contributed by atoms with Crippen molar-refractivity contribution in [2.24, 2.45) is 0 Å². The van der Waals surface area contributed by atoms with Crippen molar-refractivity contribution in [2.75, 3.05) is 6.61 Å². The number of nitrogens with zero attached hydrogens (tertiary/aromatic N) is 1. The van der Waals surface area contributed by atoms with Gasteiger partial charge in [0, 0.05) is 24.3 Å². The van der Waals surface area contributed by atoms with Gasteiger partial charge in [-0.1, -0.05) is 6.92 Å². The summed E-state index contributed by atoms with van der Waals surface area (Å²) in [6.07, 6.45) is -0.0454. The van der Waals surface area contributed by atoms with Crippen LogP contribution in [0, 0.1) is 10.1 Å². The monoisotopic (exact) mass is 365 g/mol. The Morgan fingerprint density at radius 2 is 1.96 bits per heavy atom. The van der Waals surface area contributed by atoms with Gasteiger partial charge in [0.05, 0.1) is 11.0 Å². The Bertz CT molecular complexity index is 607. The van der Waals surface area contributed by atoms with Gasteiger partial charge in [-0.2, -0.15) is 0 Å². The highest BCUT2D eigenvalue weighted by Gasteiger charge is 2.52. The Hall–Kier alpha value is -1.04. The molecule has 1 N–H and O–H groups in total. The first kappa shape index (κ1) is 20.0. The van der Waals surface area contributed by atoms with Gasteiger partial charge >= 0.3 is 7.60 Å². The molecule has 0 radical (unpaired) electrons. The van der Waals surface area contributed by atoms with E-state index in [0.717, 1.165) is 0 Å². The second-order valence-corrected chi connectivity index (χ2v) is 8.35. The minimum atomic E-state index is -4.45. The van der Waals surface area contributed by atoms with E-state index in [1.807, 2.05) is 0 Å². The van der Waals surface area contributed by atoms with Gasteiger partial charge in [0.15, 0.2) is 0 Å². The predicted octanol–water partition coefficient (Wildman–Crippen LogP) is 3.50. The van der Waals surface area contributed by atoms with Crippen LogP contribution in [0.2, 0.25) is 0 Å². The number of hydrogen-bond acceptors (Lipinski definition) is 6. The van der Waals surface area contributed by atoms with Crippen molar-refractivity contribution < 1.29 is 28.2 Å². The average Bonchev–Trinajstić information content (AvgIpc) is 2.51. The summed E-state index contributed by atoms with van der Waals surface area (Å²) in [5, 5.41) is 8.71. The van der Waals surface area contributed by atoms with Crippen LogP contribution in [0.5, 0.6) is 0 Å². The van der Waals surface area contributed by atoms with Crippen molar-refractivity contribution in [3.05, 3.63) is 39.9 Å². The molecule has 0 amide bonds. The maximum absolute atomic E-state index is 12.7. The minimum Gasteiger partial charge on any atom is -0.352 e. The summed E-state index contributed by atoms with van der Waals surface area (Å²) in [4.78, 5) is 20.5. The zero-order valence-corrected chi connectivity index (χ0v) is 15.2. The molecule has 1 aromatic carbocycles. The molecule has 0 fully saturated rings. The van der Waals surface area contributed by atoms with Gasteiger partial charge in [-0.05, 0) is 32.4 Å². The van der Waals surface area contributed by atoms with Crippen LogP contribution in [-0.2, 0) is 23.5 Å². The second kappa shape index (κ2) is 8.18. The molecule has 0 spiro atoms. The molecule has 0 aliphatic heterocycles. The first-order valence-corrected chi connectivity index (χ1v) is 9.73. The summed E-state index contributed by atoms with van der Waals surface area (Å²) in [7, 11) is -6.35. The van der Waals surface area contributed by atoms with Crippen molar-refractivity contribution in [3.8, 4) is 0 Å². The third kappa shape index (κ3) is 4.28. The molecule has 8 nitrogen and oxygen atoms in total. The fraction of sp³-hybridized carbons (Fsp3) is 0.538. The molecule has 0 aromatic heterocycles. The minimum absolute atomic E-state index is 0.0284. The van der Waals surface area contributed by atoms with E-state index in [1.54, 1.807) is 20.8 Å². The molecule has 1 rings (SSSR count). The Kier molecular flexibility index (Phi) is 7.11. The van der Waals surface area contributed by atoms with Crippen LogP contribution in [0.1, 0.15) is 32.8 Å². The van der Waals surface area contributed by atoms with E-state index in [1.165, 1.54) is 24.3 Å². The Morgan fingerprint density at radius 3 is 2.35 bits per heavy atom. The molecule has 0 heterocycles. The molecule has 10 heteroatoms. The summed E-state index contributed by atoms with van der Waals surface area (Å²) < 4.78 is 35.2. The molecule has 0 bridgehead atoms. The van der Waals surface area contributed by atoms with Gasteiger partial charge in [-0.25, -0.2) is 0 Å². The van der Waals surface area contributed by atoms with E-state index >= 15 is 0 Å². The zero-order chi connectivity index (χ0) is 17.7. The molecule has 0 saturated heterocycles. The quantitative estimate of drug-likeness (QED) is 0.404. The highest BCUT2D eigenvalue weighted by atomic mass is 31.2. The highest BCUT2D eigenvalue weighted by Crippen LogP contribution is 2.67. The summed E-state index contributed by atoms with van der Waals surface area (Å²) >= 11 is 0. The fourth-order valence-corrected chi connectivity index (χ4v) is 4.78. The smallest absolute Gasteiger partial charge is 0.352 e. The molecule has 4 unspecified atom stereocenters. The van der Waals surface area contributed by atoms with Gasteiger partial charge in [0.2, 0.25) is 5.08 Å². The first-order valence-electron chi connectivity index (χ1n) is 7.10. The lowest BCUT2D eigenvalue weighted by Crippen LogP contribution is -2.26. The standard InChI is InChI=1S/C13H21NO7P2/c1-4-10(3)21-23(18,19)13(22-17,20-5-2)11-6-8-12(9-7-11)14(15)16/h6-10H,4-5,22H2,1-3H3,(H,18,19). The van der Waals surface area contributed by atoms with Crippen LogP contribution >= 0.6 is 16.1 Å². The van der Waals surface area contributed by atoms with E-state index in [-0.39, 0.29) is 17.9 Å². The third-order valence-electron chi connectivity index (χ3n) is 3.33. The summed E-state index contributed by atoms with van der Waals surface area (Å²) in [6, 6.07) is 4.87. The lowest BCUT2D eigenvalue weighted by atomic mass is 10.2. The average molecular weight is 365 g/mol. The van der Waals surface area contributed by atoms with E-state index in [2.05, 4.69) is 0 Å². The topological polar surface area (TPSA) is 116 Å². The van der Waals surface area contributed by atoms with Crippen LogP contribution in [0.25, 0.3) is 0 Å². The number of hydrogen-bond donors (Lipinski definition) is 1. The van der Waals surface area contributed by atoms with Gasteiger partial charge in [0.1, 0.15) is 8.46 Å². The third-order valence-corrected chi connectivity index (χ3v) is 7.32. The summed E-state index contributed by atoms with van der Waals surface area (Å²) in [5.74, 6) is 0. The Labute approximate surface area is 135 Å². The molecule has 4 atom stereocenters. The lowest BCUT2D eigenvalue weighted by Gasteiger charge is -2.33. The first-order chi connectivity index (χ1) is 10.7. The van der Waals surface area contributed by atoms with E-state index in [4.69, 9.17) is 9.26 Å². The van der Waals surface area contributed by atoms with Gasteiger partial charge in [0.25, 0.3) is 5.69 Å². The number of rotatable bonds is 9. The highest BCUT2D eigenvalue weighted by molar-refractivity contribution is 7.63. The number of ether oxygens (including phenoxy) is 1. The van der Waals surface area contributed by atoms with Crippen LogP contribution < -0.4 is 0 Å². The second-order valence-electron chi connectivity index (χ2n) is 4.90. The normalized spacial score (nSPS) is 18.4. The van der Waals surface area contributed by atoms with Crippen LogP contribution in [0.15, 0.2) is 24.3 Å². The van der Waals surface area contributed by atoms with E-state index in [9.17, 15) is 24.1 Å². The Balaban J connectivity index is 3.38. The fourth-order valence-electron chi connectivity index (χ4n) is 1.94. The van der Waals surface area contributed by atoms with Crippen molar-refractivity contribution in [3.63, 3.8) is 0 Å². The van der Waals surface area contributed by atoms with Crippen LogP contribution in [0.3, 0.4) is 0 Å². The van der Waals surface area contributed by atoms with Crippen LogP contribution in [0.4, 0.5) is 5.69 Å². The molecule has 23 heavy (non-hydrogen) atoms. The Morgan fingerprint density at radius 1 is 1.39 bits per heavy atom. The molecular weight excluding hydrogens is 344 g/mol. The van der Waals surface area contributed by atoms with Crippen molar-refractivity contribution >= 4 is 21.7 Å². The predicted molar refractivity (Wildman–Crippen MR) is 87.5 cm³/mol. The van der Waals surface area contributed by atoms with E-state index < -0.39 is 32.2 Å². The molecule has 130 valence electrons. The molecule has 0 saturated carbocycles. The maximum atomic E-state index is 12.7. The molecular formula is C13H21NO7P2. The molecule has 1 aromatic rings. The van der Waals surface area contributed by atoms with Crippen molar-refractivity contribution in [1.82, 2.24) is 0 Å². The van der Waals surface area contributed by atoms with Gasteiger partial charge < -0.3 is 18.7 Å². The summed E-state index contributed by atoms with van der Waals surface area (Å²) in [6.45, 7) is 5.03. The number of nitro benzene ring substituents is 1. The SMILES string of the molecule is CCOC([PH2]=O)(c1ccc([N+](=O)[O-])cc1)P(=O)(O)OC(C)CC. The largest absolute Gasteiger partial charge is 0.371 e. The van der Waals surface area contributed by atoms with Gasteiger partial charge in [-0.15, -0.1) is 0 Å². The summed E-state index contributed by atoms with van der Waals surface area (Å²) in [5.41, 5.74) is -0.0697. The number of nitro groups is 1. The number of benzene rings is 1. The van der Waals surface area contributed by atoms with E-state index in [0.29, 0.717) is 6.42 Å².